The molecule has 0 bridgehead atoms. The predicted octanol–water partition coefficient (Wildman–Crippen LogP) is 4.78. The van der Waals surface area contributed by atoms with E-state index in [0.29, 0.717) is 11.1 Å². The number of alkyl halides is 6. The monoisotopic (exact) mass is 518 g/mol. The Hall–Kier alpha value is -2.48. The molecule has 14 heteroatoms. The molecule has 6 nitrogen and oxygen atoms in total. The molecule has 33 heavy (non-hydrogen) atoms. The fourth-order valence-corrected chi connectivity index (χ4v) is 4.66. The Bertz CT molecular complexity index is 1270. The molecule has 0 fully saturated rings. The Labute approximate surface area is 185 Å². The lowest BCUT2D eigenvalue weighted by atomic mass is 9.87. The smallest absolute Gasteiger partial charge is 0.376 e. The maximum Gasteiger partial charge on any atom is 0.534 e. The molecule has 3 rings (SSSR count). The molecule has 0 heterocycles. The fraction of sp³-hybridized carbons (Fsp3) is 0.368. The Morgan fingerprint density at radius 1 is 0.818 bits per heavy atom. The van der Waals surface area contributed by atoms with Crippen molar-refractivity contribution in [3.05, 3.63) is 58.7 Å². The minimum atomic E-state index is -6.04. The average Bonchev–Trinajstić information content (AvgIpc) is 3.10. The lowest BCUT2D eigenvalue weighted by Crippen LogP contribution is -2.29. The largest absolute Gasteiger partial charge is 0.534 e. The Balaban J connectivity index is 2.17. The van der Waals surface area contributed by atoms with Gasteiger partial charge in [0.25, 0.3) is 0 Å². The molecule has 2 aromatic rings. The van der Waals surface area contributed by atoms with E-state index in [-0.39, 0.29) is 30.4 Å². The summed E-state index contributed by atoms with van der Waals surface area (Å²) in [5.41, 5.74) is -10.6. The molecule has 0 saturated heterocycles. The van der Waals surface area contributed by atoms with Crippen molar-refractivity contribution >= 4 is 20.2 Å². The summed E-state index contributed by atoms with van der Waals surface area (Å²) in [6.45, 7) is 1.63. The summed E-state index contributed by atoms with van der Waals surface area (Å²) in [4.78, 5) is 0. The lowest BCUT2D eigenvalue weighted by molar-refractivity contribution is -0.0504. The number of hydrogen-bond donors (Lipinski definition) is 0. The maximum atomic E-state index is 12.9. The lowest BCUT2D eigenvalue weighted by Gasteiger charge is -2.22. The van der Waals surface area contributed by atoms with Gasteiger partial charge in [0, 0.05) is 17.0 Å². The van der Waals surface area contributed by atoms with Crippen molar-refractivity contribution in [2.75, 3.05) is 0 Å². The van der Waals surface area contributed by atoms with Crippen molar-refractivity contribution in [2.24, 2.45) is 0 Å². The molecule has 0 amide bonds. The van der Waals surface area contributed by atoms with E-state index in [1.54, 1.807) is 6.92 Å². The van der Waals surface area contributed by atoms with Crippen LogP contribution in [0.1, 0.15) is 41.5 Å². The first-order chi connectivity index (χ1) is 15.1. The molecule has 0 saturated carbocycles. The van der Waals surface area contributed by atoms with Crippen LogP contribution < -0.4 is 8.37 Å². The van der Waals surface area contributed by atoms with Gasteiger partial charge < -0.3 is 8.37 Å². The van der Waals surface area contributed by atoms with Gasteiger partial charge in [0.1, 0.15) is 11.5 Å². The molecule has 0 spiro atoms. The Morgan fingerprint density at radius 2 is 1.30 bits per heavy atom. The fourth-order valence-electron chi connectivity index (χ4n) is 3.71. The first-order valence-electron chi connectivity index (χ1n) is 9.34. The number of rotatable bonds is 6. The number of fused-ring (bicyclic) bond motifs is 1. The molecule has 1 aliphatic rings. The van der Waals surface area contributed by atoms with E-state index < -0.39 is 48.7 Å². The van der Waals surface area contributed by atoms with E-state index in [9.17, 15) is 43.2 Å². The molecular formula is C19H16F6O6S2. The highest BCUT2D eigenvalue weighted by Gasteiger charge is 2.50. The minimum absolute atomic E-state index is 0.000446. The molecule has 0 unspecified atom stereocenters. The number of benzene rings is 2. The van der Waals surface area contributed by atoms with E-state index in [1.165, 1.54) is 24.3 Å². The summed E-state index contributed by atoms with van der Waals surface area (Å²) in [7, 11) is -12.1. The van der Waals surface area contributed by atoms with Gasteiger partial charge in [0.2, 0.25) is 0 Å². The predicted molar refractivity (Wildman–Crippen MR) is 104 cm³/mol. The van der Waals surface area contributed by atoms with Crippen LogP contribution in [0.2, 0.25) is 0 Å². The third-order valence-corrected chi connectivity index (χ3v) is 6.99. The average molecular weight is 518 g/mol. The van der Waals surface area contributed by atoms with Gasteiger partial charge in [-0.15, -0.1) is 0 Å². The highest BCUT2D eigenvalue weighted by molar-refractivity contribution is 7.88. The second kappa shape index (κ2) is 8.38. The molecule has 0 aliphatic heterocycles. The Morgan fingerprint density at radius 3 is 1.79 bits per heavy atom. The first kappa shape index (κ1) is 25.1. The summed E-state index contributed by atoms with van der Waals surface area (Å²) in [5.74, 6) is -2.28. The second-order valence-corrected chi connectivity index (χ2v) is 10.1. The SMILES string of the molecule is CCc1cccc(OS(=O)(=O)C(F)(F)F)c1[C@H]1CCc2cccc(OS(=O)(=O)C(F)(F)F)c21. The minimum Gasteiger partial charge on any atom is -0.376 e. The van der Waals surface area contributed by atoms with E-state index in [2.05, 4.69) is 8.37 Å². The normalized spacial score (nSPS) is 17.0. The van der Waals surface area contributed by atoms with Crippen molar-refractivity contribution in [2.45, 2.75) is 43.1 Å². The van der Waals surface area contributed by atoms with Gasteiger partial charge in [0.05, 0.1) is 0 Å². The zero-order chi connectivity index (χ0) is 24.8. The van der Waals surface area contributed by atoms with Crippen molar-refractivity contribution in [3.8, 4) is 11.5 Å². The van der Waals surface area contributed by atoms with Crippen molar-refractivity contribution in [3.63, 3.8) is 0 Å². The third kappa shape index (κ3) is 4.76. The van der Waals surface area contributed by atoms with Gasteiger partial charge in [-0.3, -0.25) is 0 Å². The standard InChI is InChI=1S/C19H16F6O6S2/c1-2-11-5-3-7-14(30-32(26,27)18(20,21)22)16(11)13-10-9-12-6-4-8-15(17(12)13)31-33(28,29)19(23,24)25/h3-8,13H,2,9-10H2,1H3/t13-/m1/s1. The number of hydrogen-bond acceptors (Lipinski definition) is 6. The van der Waals surface area contributed by atoms with E-state index in [4.69, 9.17) is 0 Å². The highest BCUT2D eigenvalue weighted by atomic mass is 32.2. The van der Waals surface area contributed by atoms with Gasteiger partial charge in [-0.1, -0.05) is 31.2 Å². The van der Waals surface area contributed by atoms with Gasteiger partial charge in [-0.25, -0.2) is 0 Å². The third-order valence-electron chi connectivity index (χ3n) is 5.06. The van der Waals surface area contributed by atoms with E-state index >= 15 is 0 Å². The summed E-state index contributed by atoms with van der Waals surface area (Å²) < 4.78 is 132. The van der Waals surface area contributed by atoms with E-state index in [0.717, 1.165) is 12.1 Å². The molecule has 1 aliphatic carbocycles. The maximum absolute atomic E-state index is 12.9. The molecule has 0 N–H and O–H groups in total. The molecule has 0 aromatic heterocycles. The summed E-state index contributed by atoms with van der Waals surface area (Å²) >= 11 is 0. The number of aryl methyl sites for hydroxylation is 2. The van der Waals surface area contributed by atoms with Crippen LogP contribution in [0.4, 0.5) is 26.3 Å². The van der Waals surface area contributed by atoms with Crippen LogP contribution >= 0.6 is 0 Å². The van der Waals surface area contributed by atoms with E-state index in [1.807, 2.05) is 0 Å². The first-order valence-corrected chi connectivity index (χ1v) is 12.2. The Kier molecular flexibility index (Phi) is 6.39. The summed E-state index contributed by atoms with van der Waals surface area (Å²) in [6.07, 6.45) is 0.586. The van der Waals surface area contributed by atoms with Crippen LogP contribution in [0.15, 0.2) is 36.4 Å². The summed E-state index contributed by atoms with van der Waals surface area (Å²) in [6, 6.07) is 7.53. The quantitative estimate of drug-likeness (QED) is 0.311. The van der Waals surface area contributed by atoms with Crippen LogP contribution in [-0.4, -0.2) is 27.9 Å². The van der Waals surface area contributed by atoms with Gasteiger partial charge in [0.15, 0.2) is 0 Å². The van der Waals surface area contributed by atoms with Crippen LogP contribution in [-0.2, 0) is 33.1 Å². The van der Waals surface area contributed by atoms with Crippen molar-refractivity contribution < 1.29 is 51.5 Å². The van der Waals surface area contributed by atoms with Crippen LogP contribution in [0.25, 0.3) is 0 Å². The molecule has 1 atom stereocenters. The highest BCUT2D eigenvalue weighted by Crippen LogP contribution is 2.48. The topological polar surface area (TPSA) is 86.7 Å². The molecule has 182 valence electrons. The van der Waals surface area contributed by atoms with Gasteiger partial charge >= 0.3 is 31.3 Å². The van der Waals surface area contributed by atoms with Crippen LogP contribution in [0, 0.1) is 0 Å². The molecule has 0 radical (unpaired) electrons. The zero-order valence-electron chi connectivity index (χ0n) is 16.7. The van der Waals surface area contributed by atoms with Crippen LogP contribution in [0.3, 0.4) is 0 Å². The molecule has 2 aromatic carbocycles. The zero-order valence-corrected chi connectivity index (χ0v) is 18.3. The van der Waals surface area contributed by atoms with Crippen LogP contribution in [0.5, 0.6) is 11.5 Å². The number of halogens is 6. The molecular weight excluding hydrogens is 502 g/mol. The van der Waals surface area contributed by atoms with Crippen molar-refractivity contribution in [1.29, 1.82) is 0 Å². The van der Waals surface area contributed by atoms with Gasteiger partial charge in [-0.05, 0) is 42.5 Å². The van der Waals surface area contributed by atoms with Crippen molar-refractivity contribution in [1.82, 2.24) is 0 Å². The summed E-state index contributed by atoms with van der Waals surface area (Å²) in [5, 5.41) is 0. The van der Waals surface area contributed by atoms with Gasteiger partial charge in [-0.2, -0.15) is 43.2 Å². The second-order valence-electron chi connectivity index (χ2n) is 7.07.